The summed E-state index contributed by atoms with van der Waals surface area (Å²) in [5, 5.41) is 2.21. The highest BCUT2D eigenvalue weighted by atomic mass is 32.1. The van der Waals surface area contributed by atoms with Crippen molar-refractivity contribution >= 4 is 23.7 Å². The summed E-state index contributed by atoms with van der Waals surface area (Å²) in [6.45, 7) is 0. The molecule has 0 aromatic rings. The minimum Gasteiger partial charge on any atom is -0.369 e. The van der Waals surface area contributed by atoms with E-state index in [1.807, 2.05) is 33.1 Å². The van der Waals surface area contributed by atoms with Gasteiger partial charge in [-0.25, -0.2) is 10.0 Å². The molecule has 0 aromatic carbocycles. The minimum atomic E-state index is 0.462. The molecule has 1 N–H and O–H groups in total. The number of hydrogen-bond acceptors (Lipinski definition) is 2. The number of nitrogens with zero attached hydrogens (tertiary/aromatic N) is 3. The topological polar surface area (TPSA) is 30.9 Å². The first-order chi connectivity index (χ1) is 5.02. The molecule has 0 fully saturated rings. The van der Waals surface area contributed by atoms with Crippen molar-refractivity contribution in [3.05, 3.63) is 0 Å². The Morgan fingerprint density at radius 1 is 1.36 bits per heavy atom. The van der Waals surface area contributed by atoms with E-state index in [0.29, 0.717) is 5.11 Å². The van der Waals surface area contributed by atoms with Crippen molar-refractivity contribution in [1.29, 1.82) is 0 Å². The summed E-state index contributed by atoms with van der Waals surface area (Å²) in [4.78, 5) is 5.77. The van der Waals surface area contributed by atoms with Gasteiger partial charge in [0.2, 0.25) is 5.11 Å². The number of aliphatic imine (C=N–C) groups is 1. The van der Waals surface area contributed by atoms with Crippen LogP contribution in [-0.2, 0) is 0 Å². The summed E-state index contributed by atoms with van der Waals surface area (Å²) in [6, 6.07) is 0. The molecule has 0 saturated carbocycles. The standard InChI is InChI=1S/C6H14N4S/c1-9(2)5-7-6(11)8-10(3)4/h5H,1-4H3,(H,8,11)/b7-5+. The summed E-state index contributed by atoms with van der Waals surface area (Å²) in [6.07, 6.45) is 1.65. The fourth-order valence-electron chi connectivity index (χ4n) is 0.388. The van der Waals surface area contributed by atoms with Crippen LogP contribution >= 0.6 is 12.2 Å². The van der Waals surface area contributed by atoms with Crippen molar-refractivity contribution in [2.24, 2.45) is 4.99 Å². The van der Waals surface area contributed by atoms with Crippen molar-refractivity contribution in [3.63, 3.8) is 0 Å². The lowest BCUT2D eigenvalue weighted by Gasteiger charge is -2.11. The second-order valence-corrected chi connectivity index (χ2v) is 2.91. The number of nitrogens with one attached hydrogen (secondary N) is 1. The molecule has 0 unspecified atom stereocenters. The zero-order valence-electron chi connectivity index (χ0n) is 7.33. The molecular formula is C6H14N4S. The van der Waals surface area contributed by atoms with Gasteiger partial charge in [-0.2, -0.15) is 0 Å². The fraction of sp³-hybridized carbons (Fsp3) is 0.667. The van der Waals surface area contributed by atoms with E-state index in [1.165, 1.54) is 0 Å². The number of rotatable bonds is 2. The van der Waals surface area contributed by atoms with Crippen molar-refractivity contribution in [2.75, 3.05) is 28.2 Å². The minimum absolute atomic E-state index is 0.462. The lowest BCUT2D eigenvalue weighted by molar-refractivity contribution is 0.364. The van der Waals surface area contributed by atoms with Crippen LogP contribution in [0, 0.1) is 0 Å². The zero-order chi connectivity index (χ0) is 8.85. The second kappa shape index (κ2) is 5.03. The summed E-state index contributed by atoms with van der Waals surface area (Å²) in [5.74, 6) is 0. The maximum absolute atomic E-state index is 4.87. The molecule has 0 aliphatic rings. The monoisotopic (exact) mass is 174 g/mol. The highest BCUT2D eigenvalue weighted by molar-refractivity contribution is 7.80. The molecule has 0 atom stereocenters. The fourth-order valence-corrected chi connectivity index (χ4v) is 0.618. The molecule has 0 heterocycles. The Balaban J connectivity index is 3.69. The maximum Gasteiger partial charge on any atom is 0.208 e. The Labute approximate surface area is 72.9 Å². The van der Waals surface area contributed by atoms with Crippen LogP contribution in [0.3, 0.4) is 0 Å². The lowest BCUT2D eigenvalue weighted by atomic mass is 10.9. The van der Waals surface area contributed by atoms with E-state index in [9.17, 15) is 0 Å². The summed E-state index contributed by atoms with van der Waals surface area (Å²) < 4.78 is 0. The molecule has 0 amide bonds. The summed E-state index contributed by atoms with van der Waals surface area (Å²) in [7, 11) is 7.50. The van der Waals surface area contributed by atoms with Gasteiger partial charge in [-0.15, -0.1) is 0 Å². The van der Waals surface area contributed by atoms with E-state index < -0.39 is 0 Å². The Morgan fingerprint density at radius 2 is 1.91 bits per heavy atom. The third-order valence-corrected chi connectivity index (χ3v) is 0.922. The molecule has 0 aromatic heterocycles. The molecule has 0 saturated heterocycles. The van der Waals surface area contributed by atoms with Crippen molar-refractivity contribution in [3.8, 4) is 0 Å². The average molecular weight is 174 g/mol. The Hall–Kier alpha value is -0.680. The number of thiocarbonyl (C=S) groups is 1. The molecular weight excluding hydrogens is 160 g/mol. The molecule has 0 rings (SSSR count). The first-order valence-corrected chi connectivity index (χ1v) is 3.61. The smallest absolute Gasteiger partial charge is 0.208 e. The lowest BCUT2D eigenvalue weighted by Crippen LogP contribution is -2.34. The van der Waals surface area contributed by atoms with E-state index in [4.69, 9.17) is 12.2 Å². The molecule has 0 radical (unpaired) electrons. The largest absolute Gasteiger partial charge is 0.369 e. The van der Waals surface area contributed by atoms with Crippen LogP contribution < -0.4 is 5.43 Å². The second-order valence-electron chi connectivity index (χ2n) is 2.52. The van der Waals surface area contributed by atoms with Crippen LogP contribution in [0.4, 0.5) is 0 Å². The molecule has 11 heavy (non-hydrogen) atoms. The first-order valence-electron chi connectivity index (χ1n) is 3.21. The van der Waals surface area contributed by atoms with Crippen LogP contribution in [0.15, 0.2) is 4.99 Å². The Kier molecular flexibility index (Phi) is 4.72. The normalized spacial score (nSPS) is 10.6. The van der Waals surface area contributed by atoms with Gasteiger partial charge in [-0.3, -0.25) is 5.43 Å². The van der Waals surface area contributed by atoms with E-state index in [-0.39, 0.29) is 0 Å². The molecule has 0 aliphatic heterocycles. The molecule has 64 valence electrons. The highest BCUT2D eigenvalue weighted by Crippen LogP contribution is 1.76. The molecule has 5 heteroatoms. The SMILES string of the molecule is CN(C)/C=N/C(=S)NN(C)C. The quantitative estimate of drug-likeness (QED) is 0.275. The van der Waals surface area contributed by atoms with Crippen molar-refractivity contribution < 1.29 is 0 Å². The third-order valence-electron chi connectivity index (χ3n) is 0.725. The number of hydrogen-bond donors (Lipinski definition) is 1. The van der Waals surface area contributed by atoms with Crippen LogP contribution in [0.5, 0.6) is 0 Å². The average Bonchev–Trinajstić information content (AvgIpc) is 1.82. The van der Waals surface area contributed by atoms with E-state index in [0.717, 1.165) is 0 Å². The summed E-state index contributed by atoms with van der Waals surface area (Å²) in [5.41, 5.74) is 2.84. The molecule has 0 aliphatic carbocycles. The van der Waals surface area contributed by atoms with Crippen LogP contribution in [0.25, 0.3) is 0 Å². The van der Waals surface area contributed by atoms with E-state index >= 15 is 0 Å². The van der Waals surface area contributed by atoms with Gasteiger partial charge in [0, 0.05) is 28.2 Å². The van der Waals surface area contributed by atoms with Gasteiger partial charge in [-0.1, -0.05) is 0 Å². The zero-order valence-corrected chi connectivity index (χ0v) is 8.14. The summed E-state index contributed by atoms with van der Waals surface area (Å²) >= 11 is 4.87. The van der Waals surface area contributed by atoms with Gasteiger partial charge in [-0.05, 0) is 12.2 Å². The first kappa shape index (κ1) is 10.3. The third kappa shape index (κ3) is 7.21. The van der Waals surface area contributed by atoms with Gasteiger partial charge in [0.1, 0.15) is 0 Å². The molecule has 0 spiro atoms. The van der Waals surface area contributed by atoms with E-state index in [2.05, 4.69) is 10.4 Å². The highest BCUT2D eigenvalue weighted by Gasteiger charge is 1.90. The van der Waals surface area contributed by atoms with E-state index in [1.54, 1.807) is 11.3 Å². The predicted octanol–water partition coefficient (Wildman–Crippen LogP) is -0.0726. The van der Waals surface area contributed by atoms with Gasteiger partial charge < -0.3 is 4.90 Å². The Morgan fingerprint density at radius 3 is 2.27 bits per heavy atom. The van der Waals surface area contributed by atoms with Crippen molar-refractivity contribution in [2.45, 2.75) is 0 Å². The van der Waals surface area contributed by atoms with Crippen LogP contribution in [0.1, 0.15) is 0 Å². The molecule has 0 bridgehead atoms. The van der Waals surface area contributed by atoms with Gasteiger partial charge in [0.15, 0.2) is 0 Å². The molecule has 4 nitrogen and oxygen atoms in total. The Bertz CT molecular complexity index is 153. The number of hydrazine groups is 1. The van der Waals surface area contributed by atoms with Crippen LogP contribution in [-0.4, -0.2) is 49.6 Å². The predicted molar refractivity (Wildman–Crippen MR) is 51.6 cm³/mol. The van der Waals surface area contributed by atoms with Gasteiger partial charge in [0.05, 0.1) is 6.34 Å². The van der Waals surface area contributed by atoms with Gasteiger partial charge in [0.25, 0.3) is 0 Å². The van der Waals surface area contributed by atoms with Crippen molar-refractivity contribution in [1.82, 2.24) is 15.3 Å². The van der Waals surface area contributed by atoms with Crippen LogP contribution in [0.2, 0.25) is 0 Å². The maximum atomic E-state index is 4.87. The van der Waals surface area contributed by atoms with Gasteiger partial charge >= 0.3 is 0 Å².